The van der Waals surface area contributed by atoms with Crippen molar-refractivity contribution >= 4 is 10.9 Å². The van der Waals surface area contributed by atoms with Gasteiger partial charge in [-0.25, -0.2) is 0 Å². The zero-order valence-electron chi connectivity index (χ0n) is 11.9. The first-order valence-electron chi connectivity index (χ1n) is 6.85. The van der Waals surface area contributed by atoms with E-state index >= 15 is 0 Å². The molecule has 1 aromatic heterocycles. The molecule has 2 aromatic rings. The predicted molar refractivity (Wildman–Crippen MR) is 79.1 cm³/mol. The Kier molecular flexibility index (Phi) is 3.76. The summed E-state index contributed by atoms with van der Waals surface area (Å²) in [6.45, 7) is 8.71. The van der Waals surface area contributed by atoms with Crippen LogP contribution in [0.2, 0.25) is 0 Å². The molecule has 0 bridgehead atoms. The number of nitrogens with one attached hydrogen (secondary N) is 1. The number of hydrogen-bond acceptors (Lipinski definition) is 1. The van der Waals surface area contributed by atoms with E-state index in [1.54, 1.807) is 0 Å². The highest BCUT2D eigenvalue weighted by Gasteiger charge is 2.10. The molecule has 1 aromatic carbocycles. The number of benzene rings is 1. The van der Waals surface area contributed by atoms with Crippen molar-refractivity contribution in [1.29, 1.82) is 0 Å². The Labute approximate surface area is 110 Å². The van der Waals surface area contributed by atoms with Crippen molar-refractivity contribution in [1.82, 2.24) is 4.98 Å². The maximum absolute atomic E-state index is 5.87. The van der Waals surface area contributed by atoms with Gasteiger partial charge in [0.1, 0.15) is 0 Å². The van der Waals surface area contributed by atoms with E-state index in [1.165, 1.54) is 27.7 Å². The molecule has 0 aliphatic heterocycles. The molecular formula is C16H24N2. The third-order valence-electron chi connectivity index (χ3n) is 3.66. The van der Waals surface area contributed by atoms with Gasteiger partial charge in [-0.3, -0.25) is 0 Å². The lowest BCUT2D eigenvalue weighted by atomic mass is 9.98. The smallest absolute Gasteiger partial charge is 0.0459 e. The lowest BCUT2D eigenvalue weighted by Gasteiger charge is -2.08. The predicted octanol–water partition coefficient (Wildman–Crippen LogP) is 3.88. The van der Waals surface area contributed by atoms with Crippen LogP contribution in [0.25, 0.3) is 10.9 Å². The molecule has 0 radical (unpaired) electrons. The minimum atomic E-state index is 0.266. The molecule has 1 unspecified atom stereocenters. The fourth-order valence-corrected chi connectivity index (χ4v) is 2.45. The first kappa shape index (κ1) is 13.2. The van der Waals surface area contributed by atoms with E-state index < -0.39 is 0 Å². The second kappa shape index (κ2) is 5.15. The van der Waals surface area contributed by atoms with Crippen molar-refractivity contribution in [2.75, 3.05) is 0 Å². The first-order chi connectivity index (χ1) is 8.49. The van der Waals surface area contributed by atoms with Crippen molar-refractivity contribution < 1.29 is 0 Å². The minimum Gasteiger partial charge on any atom is -0.358 e. The van der Waals surface area contributed by atoms with Crippen LogP contribution in [0.4, 0.5) is 0 Å². The molecule has 0 spiro atoms. The van der Waals surface area contributed by atoms with Gasteiger partial charge in [0.05, 0.1) is 0 Å². The Morgan fingerprint density at radius 2 is 1.94 bits per heavy atom. The molecule has 98 valence electrons. The Morgan fingerprint density at radius 3 is 2.56 bits per heavy atom. The van der Waals surface area contributed by atoms with E-state index in [4.69, 9.17) is 5.73 Å². The van der Waals surface area contributed by atoms with Gasteiger partial charge in [-0.15, -0.1) is 0 Å². The van der Waals surface area contributed by atoms with Crippen LogP contribution in [0.15, 0.2) is 18.2 Å². The largest absolute Gasteiger partial charge is 0.358 e. The average molecular weight is 244 g/mol. The zero-order valence-corrected chi connectivity index (χ0v) is 11.9. The van der Waals surface area contributed by atoms with Crippen molar-refractivity contribution in [2.24, 2.45) is 5.73 Å². The monoisotopic (exact) mass is 244 g/mol. The maximum atomic E-state index is 5.87. The molecule has 2 rings (SSSR count). The number of fused-ring (bicyclic) bond motifs is 1. The second-order valence-corrected chi connectivity index (χ2v) is 5.70. The summed E-state index contributed by atoms with van der Waals surface area (Å²) in [6.07, 6.45) is 2.10. The van der Waals surface area contributed by atoms with E-state index in [0.717, 1.165) is 12.8 Å². The molecule has 1 atom stereocenters. The van der Waals surface area contributed by atoms with E-state index in [0.29, 0.717) is 5.92 Å². The number of H-pyrrole nitrogens is 1. The Balaban J connectivity index is 2.43. The van der Waals surface area contributed by atoms with Crippen LogP contribution in [-0.2, 0) is 6.42 Å². The van der Waals surface area contributed by atoms with Crippen molar-refractivity contribution in [2.45, 2.75) is 52.5 Å². The average Bonchev–Trinajstić information content (AvgIpc) is 2.60. The maximum Gasteiger partial charge on any atom is 0.0459 e. The molecule has 0 aliphatic carbocycles. The summed E-state index contributed by atoms with van der Waals surface area (Å²) in [5, 5.41) is 1.37. The minimum absolute atomic E-state index is 0.266. The van der Waals surface area contributed by atoms with Gasteiger partial charge >= 0.3 is 0 Å². The van der Waals surface area contributed by atoms with E-state index in [-0.39, 0.29) is 6.04 Å². The van der Waals surface area contributed by atoms with Crippen molar-refractivity contribution in [3.63, 3.8) is 0 Å². The van der Waals surface area contributed by atoms with Crippen LogP contribution < -0.4 is 5.73 Å². The summed E-state index contributed by atoms with van der Waals surface area (Å²) in [4.78, 5) is 3.48. The van der Waals surface area contributed by atoms with Gasteiger partial charge in [-0.2, -0.15) is 0 Å². The molecule has 18 heavy (non-hydrogen) atoms. The molecule has 0 saturated carbocycles. The summed E-state index contributed by atoms with van der Waals surface area (Å²) in [5.41, 5.74) is 11.2. The highest BCUT2D eigenvalue weighted by Crippen LogP contribution is 2.27. The zero-order chi connectivity index (χ0) is 13.3. The van der Waals surface area contributed by atoms with Gasteiger partial charge in [0.15, 0.2) is 0 Å². The van der Waals surface area contributed by atoms with Gasteiger partial charge < -0.3 is 10.7 Å². The lowest BCUT2D eigenvalue weighted by Crippen LogP contribution is -2.15. The molecular weight excluding hydrogens is 220 g/mol. The Hall–Kier alpha value is -1.28. The second-order valence-electron chi connectivity index (χ2n) is 5.70. The summed E-state index contributed by atoms with van der Waals surface area (Å²) >= 11 is 0. The van der Waals surface area contributed by atoms with Gasteiger partial charge in [0.25, 0.3) is 0 Å². The number of nitrogens with two attached hydrogens (primary N) is 1. The quantitative estimate of drug-likeness (QED) is 0.842. The van der Waals surface area contributed by atoms with Crippen molar-refractivity contribution in [3.8, 4) is 0 Å². The molecule has 2 nitrogen and oxygen atoms in total. The molecule has 3 N–H and O–H groups in total. The van der Waals surface area contributed by atoms with Crippen LogP contribution in [0.1, 0.15) is 49.9 Å². The van der Waals surface area contributed by atoms with Crippen molar-refractivity contribution in [3.05, 3.63) is 35.0 Å². The number of hydrogen-bond donors (Lipinski definition) is 2. The van der Waals surface area contributed by atoms with E-state index in [1.807, 2.05) is 0 Å². The fraction of sp³-hybridized carbons (Fsp3) is 0.500. The fourth-order valence-electron chi connectivity index (χ4n) is 2.45. The highest BCUT2D eigenvalue weighted by atomic mass is 14.7. The van der Waals surface area contributed by atoms with Crippen LogP contribution in [0.3, 0.4) is 0 Å². The Morgan fingerprint density at radius 1 is 1.22 bits per heavy atom. The van der Waals surface area contributed by atoms with Crippen LogP contribution >= 0.6 is 0 Å². The highest BCUT2D eigenvalue weighted by molar-refractivity contribution is 5.85. The number of aryl methyl sites for hydroxylation is 2. The number of rotatable bonds is 4. The van der Waals surface area contributed by atoms with Crippen LogP contribution in [0, 0.1) is 6.92 Å². The summed E-state index contributed by atoms with van der Waals surface area (Å²) < 4.78 is 0. The van der Waals surface area contributed by atoms with E-state index in [9.17, 15) is 0 Å². The summed E-state index contributed by atoms with van der Waals surface area (Å²) in [6, 6.07) is 7.02. The topological polar surface area (TPSA) is 41.8 Å². The normalized spacial score (nSPS) is 13.4. The summed E-state index contributed by atoms with van der Waals surface area (Å²) in [5.74, 6) is 0.575. The third kappa shape index (κ3) is 2.59. The molecule has 1 heterocycles. The first-order valence-corrected chi connectivity index (χ1v) is 6.85. The molecule has 0 saturated heterocycles. The number of aromatic amines is 1. The number of aromatic nitrogens is 1. The lowest BCUT2D eigenvalue weighted by molar-refractivity contribution is 0.666. The van der Waals surface area contributed by atoms with Gasteiger partial charge in [0.2, 0.25) is 0 Å². The van der Waals surface area contributed by atoms with Gasteiger partial charge in [-0.05, 0) is 55.9 Å². The SMILES string of the molecule is Cc1[nH]c2ccc(C(C)C)cc2c1CCC(C)N. The standard InChI is InChI=1S/C16H24N2/c1-10(2)13-6-8-16-15(9-13)14(12(4)18-16)7-5-11(3)17/h6,8-11,18H,5,7,17H2,1-4H3. The molecule has 0 fully saturated rings. The van der Waals surface area contributed by atoms with Gasteiger partial charge in [0, 0.05) is 22.6 Å². The third-order valence-corrected chi connectivity index (χ3v) is 3.66. The molecule has 0 amide bonds. The van der Waals surface area contributed by atoms with Crippen LogP contribution in [-0.4, -0.2) is 11.0 Å². The molecule has 2 heteroatoms. The van der Waals surface area contributed by atoms with E-state index in [2.05, 4.69) is 50.9 Å². The molecule has 0 aliphatic rings. The summed E-state index contributed by atoms with van der Waals surface area (Å²) in [7, 11) is 0. The van der Waals surface area contributed by atoms with Gasteiger partial charge in [-0.1, -0.05) is 19.9 Å². The van der Waals surface area contributed by atoms with Crippen LogP contribution in [0.5, 0.6) is 0 Å². The Bertz CT molecular complexity index is 535.